The molecule has 7 heteroatoms. The summed E-state index contributed by atoms with van der Waals surface area (Å²) in [5, 5.41) is 1.90. The summed E-state index contributed by atoms with van der Waals surface area (Å²) in [6.07, 6.45) is -0.481. The summed E-state index contributed by atoms with van der Waals surface area (Å²) in [4.78, 5) is 2.28. The number of benzene rings is 3. The highest BCUT2D eigenvalue weighted by Gasteiger charge is 2.33. The lowest BCUT2D eigenvalue weighted by molar-refractivity contribution is 0.123. The van der Waals surface area contributed by atoms with E-state index >= 15 is 0 Å². The zero-order chi connectivity index (χ0) is 20.8. The van der Waals surface area contributed by atoms with Gasteiger partial charge in [-0.1, -0.05) is 24.3 Å². The average molecular weight is 414 g/mol. The molecule has 0 radical (unpaired) electrons. The van der Waals surface area contributed by atoms with Gasteiger partial charge in [-0.05, 0) is 24.1 Å². The monoisotopic (exact) mass is 414 g/mol. The molecule has 1 saturated heterocycles. The van der Waals surface area contributed by atoms with Crippen LogP contribution in [0.5, 0.6) is 5.75 Å². The van der Waals surface area contributed by atoms with E-state index in [0.717, 1.165) is 41.2 Å². The second kappa shape index (κ2) is 7.49. The van der Waals surface area contributed by atoms with Crippen molar-refractivity contribution < 1.29 is 22.6 Å². The molecule has 0 aromatic heterocycles. The number of hydrogen-bond donors (Lipinski definition) is 1. The van der Waals surface area contributed by atoms with Crippen LogP contribution in [0.4, 0.5) is 18.9 Å². The molecular weight excluding hydrogens is 393 g/mol. The maximum Gasteiger partial charge on any atom is 0.161 e. The van der Waals surface area contributed by atoms with Gasteiger partial charge in [0.25, 0.3) is 0 Å². The van der Waals surface area contributed by atoms with Crippen LogP contribution in [0.3, 0.4) is 0 Å². The van der Waals surface area contributed by atoms with Crippen molar-refractivity contribution in [3.63, 3.8) is 0 Å². The van der Waals surface area contributed by atoms with Crippen LogP contribution in [0, 0.1) is 17.5 Å². The molecule has 0 aliphatic carbocycles. The minimum absolute atomic E-state index is 0.0756. The standard InChI is InChI=1S/C23H21F3N2O2/c24-17-12-19(26)18(25)11-16(17)23-20(27)9-13-10-21(28-5-7-29-8-6-28)14-3-1-2-4-15(14)22(13)30-23/h1-4,10-12,20,23H,5-9,27H2/t20-,23+/m1/s1. The summed E-state index contributed by atoms with van der Waals surface area (Å²) in [5.41, 5.74) is 8.24. The number of morpholine rings is 1. The first kappa shape index (κ1) is 19.2. The first-order chi connectivity index (χ1) is 14.5. The lowest BCUT2D eigenvalue weighted by Gasteiger charge is -2.35. The van der Waals surface area contributed by atoms with E-state index in [2.05, 4.69) is 11.0 Å². The molecule has 156 valence electrons. The van der Waals surface area contributed by atoms with Crippen LogP contribution in [-0.2, 0) is 11.2 Å². The molecular formula is C23H21F3N2O2. The predicted molar refractivity (Wildman–Crippen MR) is 108 cm³/mol. The molecule has 2 N–H and O–H groups in total. The molecule has 0 bridgehead atoms. The zero-order valence-corrected chi connectivity index (χ0v) is 16.2. The number of nitrogens with zero attached hydrogens (tertiary/aromatic N) is 1. The van der Waals surface area contributed by atoms with Gasteiger partial charge in [-0.3, -0.25) is 0 Å². The fourth-order valence-corrected chi connectivity index (χ4v) is 4.37. The third-order valence-electron chi connectivity index (χ3n) is 5.84. The summed E-state index contributed by atoms with van der Waals surface area (Å²) in [6, 6.07) is 10.7. The molecule has 5 rings (SSSR count). The highest BCUT2D eigenvalue weighted by atomic mass is 19.2. The van der Waals surface area contributed by atoms with Gasteiger partial charge in [-0.2, -0.15) is 0 Å². The molecule has 2 aliphatic rings. The Kier molecular flexibility index (Phi) is 4.79. The fraction of sp³-hybridized carbons (Fsp3) is 0.304. The van der Waals surface area contributed by atoms with Crippen molar-refractivity contribution in [2.75, 3.05) is 31.2 Å². The lowest BCUT2D eigenvalue weighted by Crippen LogP contribution is -2.39. The summed E-state index contributed by atoms with van der Waals surface area (Å²) in [5.74, 6) is -2.62. The van der Waals surface area contributed by atoms with Crippen LogP contribution in [-0.4, -0.2) is 32.3 Å². The quantitative estimate of drug-likeness (QED) is 0.642. The minimum atomic E-state index is -1.23. The molecule has 4 nitrogen and oxygen atoms in total. The number of ether oxygens (including phenoxy) is 2. The van der Waals surface area contributed by atoms with Gasteiger partial charge in [0.1, 0.15) is 17.7 Å². The third kappa shape index (κ3) is 3.18. The number of nitrogens with two attached hydrogens (primary N) is 1. The Morgan fingerprint density at radius 2 is 1.60 bits per heavy atom. The molecule has 2 heterocycles. The molecule has 1 fully saturated rings. The Labute approximate surface area is 172 Å². The van der Waals surface area contributed by atoms with Gasteiger partial charge < -0.3 is 20.1 Å². The van der Waals surface area contributed by atoms with Crippen LogP contribution in [0.15, 0.2) is 42.5 Å². The van der Waals surface area contributed by atoms with Crippen molar-refractivity contribution in [1.82, 2.24) is 0 Å². The van der Waals surface area contributed by atoms with E-state index in [1.807, 2.05) is 24.3 Å². The van der Waals surface area contributed by atoms with Crippen LogP contribution >= 0.6 is 0 Å². The largest absolute Gasteiger partial charge is 0.483 e. The Morgan fingerprint density at radius 3 is 2.37 bits per heavy atom. The first-order valence-corrected chi connectivity index (χ1v) is 9.97. The Balaban J connectivity index is 1.61. The molecule has 2 aliphatic heterocycles. The van der Waals surface area contributed by atoms with E-state index < -0.39 is 29.6 Å². The molecule has 0 spiro atoms. The van der Waals surface area contributed by atoms with Gasteiger partial charge in [0.05, 0.1) is 19.3 Å². The van der Waals surface area contributed by atoms with Crippen LogP contribution < -0.4 is 15.4 Å². The zero-order valence-electron chi connectivity index (χ0n) is 16.2. The number of rotatable bonds is 2. The summed E-state index contributed by atoms with van der Waals surface area (Å²) < 4.78 is 53.3. The maximum atomic E-state index is 14.4. The van der Waals surface area contributed by atoms with Gasteiger partial charge in [-0.15, -0.1) is 0 Å². The number of fused-ring (bicyclic) bond motifs is 3. The second-order valence-electron chi connectivity index (χ2n) is 7.72. The maximum absolute atomic E-state index is 14.4. The van der Waals surface area contributed by atoms with Crippen molar-refractivity contribution in [3.05, 3.63) is 71.0 Å². The predicted octanol–water partition coefficient (Wildman–Crippen LogP) is 4.10. The molecule has 0 saturated carbocycles. The molecule has 3 aromatic rings. The molecule has 0 amide bonds. The van der Waals surface area contributed by atoms with Gasteiger partial charge in [0.15, 0.2) is 11.6 Å². The topological polar surface area (TPSA) is 47.7 Å². The number of anilines is 1. The second-order valence-corrected chi connectivity index (χ2v) is 7.72. The SMILES string of the molecule is N[C@@H]1Cc2cc(N3CCOCC3)c3ccccc3c2O[C@H]1c1cc(F)c(F)cc1F. The van der Waals surface area contributed by atoms with Crippen LogP contribution in [0.25, 0.3) is 10.8 Å². The smallest absolute Gasteiger partial charge is 0.161 e. The van der Waals surface area contributed by atoms with E-state index in [9.17, 15) is 13.2 Å². The van der Waals surface area contributed by atoms with Crippen molar-refractivity contribution in [2.45, 2.75) is 18.6 Å². The van der Waals surface area contributed by atoms with Gasteiger partial charge in [-0.25, -0.2) is 13.2 Å². The van der Waals surface area contributed by atoms with E-state index in [0.29, 0.717) is 31.5 Å². The first-order valence-electron chi connectivity index (χ1n) is 9.97. The van der Waals surface area contributed by atoms with Crippen molar-refractivity contribution >= 4 is 16.5 Å². The number of halogens is 3. The Hall–Kier alpha value is -2.77. The van der Waals surface area contributed by atoms with Crippen LogP contribution in [0.1, 0.15) is 17.2 Å². The van der Waals surface area contributed by atoms with E-state index in [4.69, 9.17) is 15.2 Å². The highest BCUT2D eigenvalue weighted by Crippen LogP contribution is 2.44. The van der Waals surface area contributed by atoms with E-state index in [1.165, 1.54) is 0 Å². The van der Waals surface area contributed by atoms with Crippen molar-refractivity contribution in [2.24, 2.45) is 5.73 Å². The van der Waals surface area contributed by atoms with Crippen molar-refractivity contribution in [3.8, 4) is 5.75 Å². The Bertz CT molecular complexity index is 1120. The van der Waals surface area contributed by atoms with Gasteiger partial charge >= 0.3 is 0 Å². The lowest BCUT2D eigenvalue weighted by atomic mass is 9.90. The van der Waals surface area contributed by atoms with Gasteiger partial charge in [0, 0.05) is 41.2 Å². The molecule has 3 aromatic carbocycles. The summed E-state index contributed by atoms with van der Waals surface area (Å²) in [7, 11) is 0. The minimum Gasteiger partial charge on any atom is -0.483 e. The molecule has 0 unspecified atom stereocenters. The average Bonchev–Trinajstić information content (AvgIpc) is 2.76. The summed E-state index contributed by atoms with van der Waals surface area (Å²) >= 11 is 0. The fourth-order valence-electron chi connectivity index (χ4n) is 4.37. The normalized spacial score (nSPS) is 21.4. The Morgan fingerprint density at radius 1 is 0.900 bits per heavy atom. The van der Waals surface area contributed by atoms with Gasteiger partial charge in [0.2, 0.25) is 0 Å². The molecule has 30 heavy (non-hydrogen) atoms. The summed E-state index contributed by atoms with van der Waals surface area (Å²) in [6.45, 7) is 2.91. The van der Waals surface area contributed by atoms with Crippen molar-refractivity contribution in [1.29, 1.82) is 0 Å². The third-order valence-corrected chi connectivity index (χ3v) is 5.84. The van der Waals surface area contributed by atoms with E-state index in [1.54, 1.807) is 0 Å². The number of hydrogen-bond acceptors (Lipinski definition) is 4. The van der Waals surface area contributed by atoms with Crippen LogP contribution in [0.2, 0.25) is 0 Å². The van der Waals surface area contributed by atoms with E-state index in [-0.39, 0.29) is 5.56 Å². The highest BCUT2D eigenvalue weighted by molar-refractivity contribution is 5.99. The molecule has 2 atom stereocenters.